The molecule has 0 aliphatic rings. The molecule has 4 nitrogen and oxygen atoms in total. The summed E-state index contributed by atoms with van der Waals surface area (Å²) in [6.07, 6.45) is 0. The van der Waals surface area contributed by atoms with Crippen molar-refractivity contribution in [2.75, 3.05) is 0 Å². The molecule has 2 heterocycles. The third-order valence-corrected chi connectivity index (χ3v) is 7.52. The van der Waals surface area contributed by atoms with Gasteiger partial charge in [-0.3, -0.25) is 0 Å². The summed E-state index contributed by atoms with van der Waals surface area (Å²) in [5.74, 6) is 1.83. The molecule has 0 aliphatic carbocycles. The van der Waals surface area contributed by atoms with E-state index in [4.69, 9.17) is 19.4 Å². The van der Waals surface area contributed by atoms with E-state index in [1.807, 2.05) is 66.7 Å². The molecule has 8 rings (SSSR count). The molecular formula is C37H23N3O. The Labute approximate surface area is 236 Å². The number of hydrogen-bond acceptors (Lipinski definition) is 4. The lowest BCUT2D eigenvalue weighted by Crippen LogP contribution is -2.00. The average Bonchev–Trinajstić information content (AvgIpc) is 3.44. The minimum atomic E-state index is 0.582. The molecule has 0 saturated heterocycles. The lowest BCUT2D eigenvalue weighted by Gasteiger charge is -2.10. The minimum Gasteiger partial charge on any atom is -0.455 e. The van der Waals surface area contributed by atoms with Crippen LogP contribution in [0.2, 0.25) is 0 Å². The van der Waals surface area contributed by atoms with Gasteiger partial charge in [-0.1, -0.05) is 115 Å². The Kier molecular flexibility index (Phi) is 5.42. The molecule has 0 amide bonds. The number of para-hydroxylation sites is 2. The Bertz CT molecular complexity index is 2200. The summed E-state index contributed by atoms with van der Waals surface area (Å²) < 4.78 is 6.33. The smallest absolute Gasteiger partial charge is 0.167 e. The standard InChI is InChI=1S/C37H23N3O/c1-3-10-24(11-4-1)26-18-19-28-23-29(21-20-27(28)22-26)36-38-35(25-12-5-2-6-13-25)39-37(40-36)32-16-9-15-31-30-14-7-8-17-33(30)41-34(31)32/h1-23H. The first-order chi connectivity index (χ1) is 20.3. The SMILES string of the molecule is c1ccc(-c2ccc3cc(-c4nc(-c5ccccc5)nc(-c5cccc6c5oc5ccccc56)n4)ccc3c2)cc1. The van der Waals surface area contributed by atoms with Gasteiger partial charge in [0.25, 0.3) is 0 Å². The van der Waals surface area contributed by atoms with Crippen LogP contribution in [0.3, 0.4) is 0 Å². The zero-order valence-electron chi connectivity index (χ0n) is 22.0. The van der Waals surface area contributed by atoms with Gasteiger partial charge in [-0.15, -0.1) is 0 Å². The van der Waals surface area contributed by atoms with Crippen LogP contribution in [-0.4, -0.2) is 15.0 Å². The van der Waals surface area contributed by atoms with Crippen molar-refractivity contribution in [2.45, 2.75) is 0 Å². The molecule has 4 heteroatoms. The van der Waals surface area contributed by atoms with Crippen molar-refractivity contribution in [1.82, 2.24) is 15.0 Å². The highest BCUT2D eigenvalue weighted by Gasteiger charge is 2.17. The number of rotatable bonds is 4. The number of nitrogens with zero attached hydrogens (tertiary/aromatic N) is 3. The molecule has 6 aromatic carbocycles. The molecule has 0 aliphatic heterocycles. The van der Waals surface area contributed by atoms with E-state index in [0.29, 0.717) is 17.5 Å². The first kappa shape index (κ1) is 23.3. The van der Waals surface area contributed by atoms with Crippen molar-refractivity contribution >= 4 is 32.7 Å². The van der Waals surface area contributed by atoms with Gasteiger partial charge in [-0.2, -0.15) is 0 Å². The van der Waals surface area contributed by atoms with Crippen molar-refractivity contribution in [2.24, 2.45) is 0 Å². The quantitative estimate of drug-likeness (QED) is 0.230. The monoisotopic (exact) mass is 525 g/mol. The Hall–Kier alpha value is -5.61. The summed E-state index contributed by atoms with van der Waals surface area (Å²) in [4.78, 5) is 14.9. The van der Waals surface area contributed by atoms with Crippen molar-refractivity contribution in [3.63, 3.8) is 0 Å². The molecule has 0 spiro atoms. The highest BCUT2D eigenvalue weighted by Crippen LogP contribution is 2.36. The van der Waals surface area contributed by atoms with E-state index in [0.717, 1.165) is 44.0 Å². The molecule has 8 aromatic rings. The second kappa shape index (κ2) is 9.54. The van der Waals surface area contributed by atoms with Gasteiger partial charge in [0.05, 0.1) is 5.56 Å². The predicted molar refractivity (Wildman–Crippen MR) is 166 cm³/mol. The van der Waals surface area contributed by atoms with Gasteiger partial charge in [0.1, 0.15) is 11.2 Å². The first-order valence-corrected chi connectivity index (χ1v) is 13.6. The van der Waals surface area contributed by atoms with Crippen molar-refractivity contribution < 1.29 is 4.42 Å². The maximum Gasteiger partial charge on any atom is 0.167 e. The molecular weight excluding hydrogens is 502 g/mol. The fourth-order valence-corrected chi connectivity index (χ4v) is 5.46. The summed E-state index contributed by atoms with van der Waals surface area (Å²) >= 11 is 0. The lowest BCUT2D eigenvalue weighted by molar-refractivity contribution is 0.669. The van der Waals surface area contributed by atoms with E-state index in [9.17, 15) is 0 Å². The van der Waals surface area contributed by atoms with Crippen LogP contribution in [0.4, 0.5) is 0 Å². The van der Waals surface area contributed by atoms with Crippen LogP contribution in [0, 0.1) is 0 Å². The Balaban J connectivity index is 1.30. The van der Waals surface area contributed by atoms with Gasteiger partial charge in [-0.25, -0.2) is 15.0 Å². The third-order valence-electron chi connectivity index (χ3n) is 7.52. The molecule has 41 heavy (non-hydrogen) atoms. The zero-order valence-corrected chi connectivity index (χ0v) is 22.0. The van der Waals surface area contributed by atoms with Gasteiger partial charge in [0.2, 0.25) is 0 Å². The predicted octanol–water partition coefficient (Wildman–Crippen LogP) is 9.59. The molecule has 0 bridgehead atoms. The second-order valence-corrected chi connectivity index (χ2v) is 10.1. The number of furan rings is 1. The van der Waals surface area contributed by atoms with Crippen LogP contribution in [0.25, 0.3) is 78.0 Å². The van der Waals surface area contributed by atoms with Crippen molar-refractivity contribution in [1.29, 1.82) is 0 Å². The maximum absolute atomic E-state index is 6.33. The van der Waals surface area contributed by atoms with Crippen molar-refractivity contribution in [3.8, 4) is 45.3 Å². The van der Waals surface area contributed by atoms with Gasteiger partial charge >= 0.3 is 0 Å². The number of benzene rings is 6. The summed E-state index contributed by atoms with van der Waals surface area (Å²) in [6, 6.07) is 47.6. The Morgan fingerprint density at radius 1 is 0.390 bits per heavy atom. The maximum atomic E-state index is 6.33. The second-order valence-electron chi connectivity index (χ2n) is 10.1. The fraction of sp³-hybridized carbons (Fsp3) is 0. The molecule has 0 atom stereocenters. The van der Waals surface area contributed by atoms with Gasteiger partial charge in [0.15, 0.2) is 17.5 Å². The Morgan fingerprint density at radius 2 is 0.976 bits per heavy atom. The highest BCUT2D eigenvalue weighted by molar-refractivity contribution is 6.09. The number of hydrogen-bond donors (Lipinski definition) is 0. The van der Waals surface area contributed by atoms with E-state index in [-0.39, 0.29) is 0 Å². The molecule has 0 radical (unpaired) electrons. The summed E-state index contributed by atoms with van der Waals surface area (Å²) in [5, 5.41) is 4.41. The van der Waals surface area contributed by atoms with Gasteiger partial charge in [-0.05, 0) is 46.2 Å². The van der Waals surface area contributed by atoms with Gasteiger partial charge in [0, 0.05) is 21.9 Å². The van der Waals surface area contributed by atoms with E-state index < -0.39 is 0 Å². The van der Waals surface area contributed by atoms with Crippen LogP contribution in [0.1, 0.15) is 0 Å². The Morgan fingerprint density at radius 3 is 1.76 bits per heavy atom. The van der Waals surface area contributed by atoms with Gasteiger partial charge < -0.3 is 4.42 Å². The summed E-state index contributed by atoms with van der Waals surface area (Å²) in [7, 11) is 0. The summed E-state index contributed by atoms with van der Waals surface area (Å²) in [6.45, 7) is 0. The fourth-order valence-electron chi connectivity index (χ4n) is 5.46. The number of aromatic nitrogens is 3. The average molecular weight is 526 g/mol. The largest absolute Gasteiger partial charge is 0.455 e. The minimum absolute atomic E-state index is 0.582. The lowest BCUT2D eigenvalue weighted by atomic mass is 10.00. The van der Waals surface area contributed by atoms with E-state index in [2.05, 4.69) is 72.8 Å². The third kappa shape index (κ3) is 4.14. The van der Waals surface area contributed by atoms with Crippen LogP contribution in [0.5, 0.6) is 0 Å². The highest BCUT2D eigenvalue weighted by atomic mass is 16.3. The normalized spacial score (nSPS) is 11.4. The van der Waals surface area contributed by atoms with E-state index >= 15 is 0 Å². The van der Waals surface area contributed by atoms with Crippen LogP contribution in [-0.2, 0) is 0 Å². The van der Waals surface area contributed by atoms with E-state index in [1.165, 1.54) is 16.5 Å². The zero-order chi connectivity index (χ0) is 27.2. The summed E-state index contributed by atoms with van der Waals surface area (Å²) in [5.41, 5.74) is 6.72. The molecule has 0 saturated carbocycles. The van der Waals surface area contributed by atoms with Crippen LogP contribution < -0.4 is 0 Å². The first-order valence-electron chi connectivity index (χ1n) is 13.6. The van der Waals surface area contributed by atoms with Crippen LogP contribution >= 0.6 is 0 Å². The molecule has 192 valence electrons. The molecule has 0 fully saturated rings. The molecule has 2 aromatic heterocycles. The van der Waals surface area contributed by atoms with Crippen LogP contribution in [0.15, 0.2) is 144 Å². The molecule has 0 N–H and O–H groups in total. The molecule has 0 unspecified atom stereocenters. The van der Waals surface area contributed by atoms with Crippen molar-refractivity contribution in [3.05, 3.63) is 140 Å². The van der Waals surface area contributed by atoms with E-state index in [1.54, 1.807) is 0 Å². The topological polar surface area (TPSA) is 51.8 Å². The number of fused-ring (bicyclic) bond motifs is 4.